The fraction of sp³-hybridized carbons (Fsp3) is 0.300. The van der Waals surface area contributed by atoms with Crippen molar-refractivity contribution in [2.75, 3.05) is 23.5 Å². The number of anilines is 1. The minimum Gasteiger partial charge on any atom is -0.497 e. The molecule has 2 aromatic carbocycles. The summed E-state index contributed by atoms with van der Waals surface area (Å²) in [5, 5.41) is 0.0465. The van der Waals surface area contributed by atoms with E-state index >= 15 is 0 Å². The topological polar surface area (TPSA) is 76.0 Å². The van der Waals surface area contributed by atoms with Crippen molar-refractivity contribution in [1.29, 1.82) is 0 Å². The maximum Gasteiger partial charge on any atom is 0.252 e. The van der Waals surface area contributed by atoms with Crippen molar-refractivity contribution >= 4 is 54.3 Å². The summed E-state index contributed by atoms with van der Waals surface area (Å²) in [6.07, 6.45) is 0.0817. The molecule has 2 fully saturated rings. The van der Waals surface area contributed by atoms with Crippen LogP contribution in [0.2, 0.25) is 0 Å². The number of ether oxygens (including phenoxy) is 1. The van der Waals surface area contributed by atoms with E-state index < -0.39 is 21.7 Å². The highest BCUT2D eigenvalue weighted by molar-refractivity contribution is 9.10. The molecule has 0 unspecified atom stereocenters. The van der Waals surface area contributed by atoms with Gasteiger partial charge in [0, 0.05) is 9.72 Å². The summed E-state index contributed by atoms with van der Waals surface area (Å²) in [5.74, 6) is -0.304. The highest BCUT2D eigenvalue weighted by Gasteiger charge is 2.50. The standard InChI is InChI=1S/C20H18BrFN2O4S2/c1-28-14-5-2-12(3-6-14)8-19(25)23-20-24(16-7-4-13(21)9-15(16)22)17-10-30(26,27)11-18(17)29-20/h2-7,9,17-18H,8,10-11H2,1H3/t17-,18-/m1/s1. The average Bonchev–Trinajstić information content (AvgIpc) is 3.13. The van der Waals surface area contributed by atoms with E-state index in [1.807, 2.05) is 0 Å². The smallest absolute Gasteiger partial charge is 0.252 e. The zero-order valence-corrected chi connectivity index (χ0v) is 19.1. The number of carbonyl (C=O) groups excluding carboxylic acids is 1. The Balaban J connectivity index is 1.63. The minimum atomic E-state index is -3.22. The van der Waals surface area contributed by atoms with Gasteiger partial charge in [0.15, 0.2) is 15.0 Å². The second-order valence-electron chi connectivity index (χ2n) is 7.08. The molecule has 2 saturated heterocycles. The van der Waals surface area contributed by atoms with E-state index in [-0.39, 0.29) is 34.8 Å². The molecule has 0 saturated carbocycles. The van der Waals surface area contributed by atoms with E-state index in [0.717, 1.165) is 5.56 Å². The molecule has 0 aromatic heterocycles. The van der Waals surface area contributed by atoms with Gasteiger partial charge in [0.05, 0.1) is 36.8 Å². The van der Waals surface area contributed by atoms with Crippen LogP contribution in [-0.2, 0) is 21.1 Å². The Labute approximate surface area is 186 Å². The minimum absolute atomic E-state index is 0.0112. The van der Waals surface area contributed by atoms with Crippen molar-refractivity contribution in [1.82, 2.24) is 0 Å². The van der Waals surface area contributed by atoms with E-state index in [2.05, 4.69) is 20.9 Å². The quantitative estimate of drug-likeness (QED) is 0.624. The van der Waals surface area contributed by atoms with E-state index in [0.29, 0.717) is 15.4 Å². The number of amidine groups is 1. The van der Waals surface area contributed by atoms with Gasteiger partial charge in [-0.2, -0.15) is 4.99 Å². The lowest BCUT2D eigenvalue weighted by Gasteiger charge is -2.25. The molecule has 6 nitrogen and oxygen atoms in total. The lowest BCUT2D eigenvalue weighted by Crippen LogP contribution is -2.38. The first-order chi connectivity index (χ1) is 14.3. The Morgan fingerprint density at radius 1 is 1.27 bits per heavy atom. The van der Waals surface area contributed by atoms with Crippen LogP contribution in [-0.4, -0.2) is 49.4 Å². The second kappa shape index (κ2) is 8.32. The highest BCUT2D eigenvalue weighted by atomic mass is 79.9. The van der Waals surface area contributed by atoms with Crippen molar-refractivity contribution in [2.45, 2.75) is 17.7 Å². The number of hydrogen-bond donors (Lipinski definition) is 0. The average molecular weight is 513 g/mol. The molecule has 2 aliphatic heterocycles. The van der Waals surface area contributed by atoms with E-state index in [1.54, 1.807) is 48.4 Å². The van der Waals surface area contributed by atoms with Crippen LogP contribution >= 0.6 is 27.7 Å². The van der Waals surface area contributed by atoms with Gasteiger partial charge in [-0.3, -0.25) is 4.79 Å². The first kappa shape index (κ1) is 21.3. The van der Waals surface area contributed by atoms with Gasteiger partial charge in [-0.05, 0) is 35.9 Å². The SMILES string of the molecule is COc1ccc(CC(=O)N=C2S[C@@H]3CS(=O)(=O)C[C@H]3N2c2ccc(Br)cc2F)cc1. The number of sulfone groups is 1. The Morgan fingerprint density at radius 3 is 2.67 bits per heavy atom. The molecule has 4 rings (SSSR count). The molecular weight excluding hydrogens is 495 g/mol. The molecule has 2 atom stereocenters. The largest absolute Gasteiger partial charge is 0.497 e. The monoisotopic (exact) mass is 512 g/mol. The van der Waals surface area contributed by atoms with Crippen LogP contribution in [0.4, 0.5) is 10.1 Å². The van der Waals surface area contributed by atoms with Crippen molar-refractivity contribution in [3.8, 4) is 5.75 Å². The zero-order valence-electron chi connectivity index (χ0n) is 15.9. The van der Waals surface area contributed by atoms with Gasteiger partial charge < -0.3 is 9.64 Å². The summed E-state index contributed by atoms with van der Waals surface area (Å²) in [6, 6.07) is 11.2. The van der Waals surface area contributed by atoms with Crippen LogP contribution in [0.5, 0.6) is 5.75 Å². The first-order valence-electron chi connectivity index (χ1n) is 9.11. The molecule has 158 valence electrons. The van der Waals surface area contributed by atoms with E-state index in [1.165, 1.54) is 17.8 Å². The molecule has 0 spiro atoms. The molecule has 10 heteroatoms. The fourth-order valence-electron chi connectivity index (χ4n) is 3.59. The summed E-state index contributed by atoms with van der Waals surface area (Å²) >= 11 is 4.45. The zero-order chi connectivity index (χ0) is 21.5. The molecule has 0 aliphatic carbocycles. The molecule has 2 aromatic rings. The second-order valence-corrected chi connectivity index (χ2v) is 11.4. The van der Waals surface area contributed by atoms with Gasteiger partial charge in [0.25, 0.3) is 5.91 Å². The number of rotatable bonds is 4. The maximum absolute atomic E-state index is 14.7. The van der Waals surface area contributed by atoms with Gasteiger partial charge in [0.1, 0.15) is 11.6 Å². The van der Waals surface area contributed by atoms with Crippen LogP contribution in [0.15, 0.2) is 51.9 Å². The summed E-state index contributed by atoms with van der Waals surface area (Å²) < 4.78 is 44.6. The van der Waals surface area contributed by atoms with E-state index in [9.17, 15) is 17.6 Å². The number of amides is 1. The fourth-order valence-corrected chi connectivity index (χ4v) is 7.84. The molecule has 0 radical (unpaired) electrons. The maximum atomic E-state index is 14.7. The number of hydrogen-bond acceptors (Lipinski definition) is 5. The molecular formula is C20H18BrFN2O4S2. The normalized spacial score (nSPS) is 23.6. The predicted octanol–water partition coefficient (Wildman–Crippen LogP) is 3.44. The number of methoxy groups -OCH3 is 1. The van der Waals surface area contributed by atoms with Crippen LogP contribution in [0, 0.1) is 5.82 Å². The Hall–Kier alpha value is -1.91. The van der Waals surface area contributed by atoms with Crippen molar-refractivity contribution in [3.63, 3.8) is 0 Å². The van der Waals surface area contributed by atoms with Crippen molar-refractivity contribution in [3.05, 3.63) is 58.3 Å². The van der Waals surface area contributed by atoms with Gasteiger partial charge in [-0.15, -0.1) is 0 Å². The predicted molar refractivity (Wildman–Crippen MR) is 120 cm³/mol. The van der Waals surface area contributed by atoms with Crippen molar-refractivity contribution in [2.24, 2.45) is 4.99 Å². The number of nitrogens with zero attached hydrogens (tertiary/aromatic N) is 2. The highest BCUT2D eigenvalue weighted by Crippen LogP contribution is 2.42. The summed E-state index contributed by atoms with van der Waals surface area (Å²) in [7, 11) is -1.65. The molecule has 0 bridgehead atoms. The van der Waals surface area contributed by atoms with Crippen LogP contribution in [0.25, 0.3) is 0 Å². The van der Waals surface area contributed by atoms with Crippen LogP contribution < -0.4 is 9.64 Å². The third-order valence-electron chi connectivity index (χ3n) is 4.97. The third kappa shape index (κ3) is 4.40. The Kier molecular flexibility index (Phi) is 5.91. The van der Waals surface area contributed by atoms with Crippen LogP contribution in [0.1, 0.15) is 5.56 Å². The number of aliphatic imine (C=N–C) groups is 1. The molecule has 2 aliphatic rings. The molecule has 2 heterocycles. The first-order valence-corrected chi connectivity index (χ1v) is 12.6. The summed E-state index contributed by atoms with van der Waals surface area (Å²) in [4.78, 5) is 18.4. The Bertz CT molecular complexity index is 1120. The van der Waals surface area contributed by atoms with Crippen LogP contribution in [0.3, 0.4) is 0 Å². The molecule has 30 heavy (non-hydrogen) atoms. The molecule has 0 N–H and O–H groups in total. The third-order valence-corrected chi connectivity index (χ3v) is 8.67. The number of halogens is 2. The van der Waals surface area contributed by atoms with Gasteiger partial charge in [0.2, 0.25) is 0 Å². The summed E-state index contributed by atoms with van der Waals surface area (Å²) in [6.45, 7) is 0. The number of thioether (sulfide) groups is 1. The number of fused-ring (bicyclic) bond motifs is 1. The summed E-state index contributed by atoms with van der Waals surface area (Å²) in [5.41, 5.74) is 0.989. The number of benzene rings is 2. The Morgan fingerprint density at radius 2 is 2.00 bits per heavy atom. The van der Waals surface area contributed by atoms with E-state index in [4.69, 9.17) is 4.74 Å². The lowest BCUT2D eigenvalue weighted by atomic mass is 10.1. The van der Waals surface area contributed by atoms with Gasteiger partial charge >= 0.3 is 0 Å². The van der Waals surface area contributed by atoms with Gasteiger partial charge in [-0.1, -0.05) is 39.8 Å². The van der Waals surface area contributed by atoms with Crippen molar-refractivity contribution < 1.29 is 22.3 Å². The van der Waals surface area contributed by atoms with Gasteiger partial charge in [-0.25, -0.2) is 12.8 Å². The molecule has 1 amide bonds. The lowest BCUT2D eigenvalue weighted by molar-refractivity contribution is -0.117. The number of carbonyl (C=O) groups is 1.